The molecule has 0 aliphatic rings. The van der Waals surface area contributed by atoms with Crippen molar-refractivity contribution in [1.29, 1.82) is 0 Å². The van der Waals surface area contributed by atoms with Crippen LogP contribution in [0.1, 0.15) is 20.8 Å². The van der Waals surface area contributed by atoms with Crippen molar-refractivity contribution in [3.8, 4) is 0 Å². The minimum Gasteiger partial charge on any atom is -0.298 e. The first-order valence-electron chi connectivity index (χ1n) is 3.23. The molecule has 0 bridgehead atoms. The molecule has 0 aromatic carbocycles. The predicted molar refractivity (Wildman–Crippen MR) is 41.7 cm³/mol. The summed E-state index contributed by atoms with van der Waals surface area (Å²) in [6.45, 7) is 7.77. The molecule has 0 saturated heterocycles. The Labute approximate surface area is 54.1 Å². The summed E-state index contributed by atoms with van der Waals surface area (Å²) >= 11 is 0. The van der Waals surface area contributed by atoms with Crippen LogP contribution in [0.25, 0.3) is 0 Å². The molecular formula is C6H16NP. The van der Waals surface area contributed by atoms with Gasteiger partial charge in [-0.25, -0.2) is 0 Å². The first-order valence-corrected chi connectivity index (χ1v) is 4.43. The highest BCUT2D eigenvalue weighted by Gasteiger charge is 1.89. The second-order valence-corrected chi connectivity index (χ2v) is 3.42. The van der Waals surface area contributed by atoms with Gasteiger partial charge in [0.15, 0.2) is 0 Å². The highest BCUT2D eigenvalue weighted by molar-refractivity contribution is 7.35. The summed E-state index contributed by atoms with van der Waals surface area (Å²) in [7, 11) is 0.963. The molecular weight excluding hydrogens is 117 g/mol. The summed E-state index contributed by atoms with van der Waals surface area (Å²) in [5.74, 6) is 0.854. The molecule has 1 unspecified atom stereocenters. The van der Waals surface area contributed by atoms with Crippen molar-refractivity contribution >= 4 is 8.73 Å². The molecule has 0 spiro atoms. The van der Waals surface area contributed by atoms with Gasteiger partial charge in [-0.3, -0.25) is 5.09 Å². The number of hydrogen-bond donors (Lipinski definition) is 1. The smallest absolute Gasteiger partial charge is 0.00406 e. The van der Waals surface area contributed by atoms with E-state index >= 15 is 0 Å². The van der Waals surface area contributed by atoms with E-state index in [1.165, 1.54) is 6.16 Å². The Morgan fingerprint density at radius 2 is 2.12 bits per heavy atom. The molecule has 0 aromatic heterocycles. The standard InChI is InChI=1S/C6H16NP/c1-4-7-8-5-6(2)3/h6-8H,4-5H2,1-3H3. The fourth-order valence-electron chi connectivity index (χ4n) is 0.401. The fraction of sp³-hybridized carbons (Fsp3) is 1.00. The molecule has 0 saturated carbocycles. The Morgan fingerprint density at radius 3 is 2.50 bits per heavy atom. The fourth-order valence-corrected chi connectivity index (χ4v) is 1.20. The summed E-state index contributed by atoms with van der Waals surface area (Å²) in [5.41, 5.74) is 0. The zero-order valence-corrected chi connectivity index (χ0v) is 6.99. The highest BCUT2D eigenvalue weighted by Crippen LogP contribution is 2.08. The summed E-state index contributed by atoms with van der Waals surface area (Å²) in [6.07, 6.45) is 1.33. The Balaban J connectivity index is 2.72. The van der Waals surface area contributed by atoms with E-state index in [9.17, 15) is 0 Å². The Kier molecular flexibility index (Phi) is 5.79. The van der Waals surface area contributed by atoms with Crippen LogP contribution < -0.4 is 5.09 Å². The topological polar surface area (TPSA) is 12.0 Å². The molecule has 1 atom stereocenters. The van der Waals surface area contributed by atoms with E-state index < -0.39 is 0 Å². The van der Waals surface area contributed by atoms with Gasteiger partial charge in [-0.1, -0.05) is 29.5 Å². The van der Waals surface area contributed by atoms with Crippen LogP contribution in [0.5, 0.6) is 0 Å². The third kappa shape index (κ3) is 6.39. The monoisotopic (exact) mass is 133 g/mol. The Hall–Kier alpha value is 0.390. The quantitative estimate of drug-likeness (QED) is 0.456. The van der Waals surface area contributed by atoms with E-state index in [4.69, 9.17) is 0 Å². The van der Waals surface area contributed by atoms with Crippen molar-refractivity contribution < 1.29 is 0 Å². The van der Waals surface area contributed by atoms with Gasteiger partial charge >= 0.3 is 0 Å². The number of hydrogen-bond acceptors (Lipinski definition) is 1. The number of nitrogens with one attached hydrogen (secondary N) is 1. The lowest BCUT2D eigenvalue weighted by Crippen LogP contribution is -2.02. The summed E-state index contributed by atoms with van der Waals surface area (Å²) in [5, 5.41) is 3.31. The van der Waals surface area contributed by atoms with Crippen molar-refractivity contribution in [3.63, 3.8) is 0 Å². The van der Waals surface area contributed by atoms with Crippen molar-refractivity contribution in [2.24, 2.45) is 5.92 Å². The lowest BCUT2D eigenvalue weighted by Gasteiger charge is -2.02. The van der Waals surface area contributed by atoms with Crippen LogP contribution in [-0.2, 0) is 0 Å². The van der Waals surface area contributed by atoms with Gasteiger partial charge in [0.25, 0.3) is 0 Å². The third-order valence-electron chi connectivity index (χ3n) is 0.812. The van der Waals surface area contributed by atoms with Crippen LogP contribution >= 0.6 is 8.73 Å². The van der Waals surface area contributed by atoms with E-state index in [1.807, 2.05) is 0 Å². The highest BCUT2D eigenvalue weighted by atomic mass is 31.1. The van der Waals surface area contributed by atoms with Crippen LogP contribution in [0.15, 0.2) is 0 Å². The SMILES string of the molecule is CCNPCC(C)C. The van der Waals surface area contributed by atoms with Crippen molar-refractivity contribution in [3.05, 3.63) is 0 Å². The molecule has 0 rings (SSSR count). The molecule has 1 nitrogen and oxygen atoms in total. The molecule has 0 aliphatic heterocycles. The average Bonchev–Trinajstić information content (AvgIpc) is 1.66. The van der Waals surface area contributed by atoms with Gasteiger partial charge in [-0.15, -0.1) is 0 Å². The molecule has 0 aliphatic carbocycles. The van der Waals surface area contributed by atoms with Crippen LogP contribution in [0, 0.1) is 5.92 Å². The Bertz CT molecular complexity index is 45.8. The van der Waals surface area contributed by atoms with Gasteiger partial charge < -0.3 is 0 Å². The van der Waals surface area contributed by atoms with Crippen LogP contribution in [-0.4, -0.2) is 12.7 Å². The number of rotatable bonds is 4. The molecule has 1 N–H and O–H groups in total. The first kappa shape index (κ1) is 8.39. The van der Waals surface area contributed by atoms with Gasteiger partial charge in [0.05, 0.1) is 0 Å². The maximum atomic E-state index is 3.31. The van der Waals surface area contributed by atoms with E-state index in [0.29, 0.717) is 0 Å². The molecule has 0 amide bonds. The van der Waals surface area contributed by atoms with Gasteiger partial charge in [0, 0.05) is 0 Å². The summed E-state index contributed by atoms with van der Waals surface area (Å²) < 4.78 is 0. The van der Waals surface area contributed by atoms with E-state index in [-0.39, 0.29) is 0 Å². The van der Waals surface area contributed by atoms with Crippen LogP contribution in [0.4, 0.5) is 0 Å². The van der Waals surface area contributed by atoms with E-state index in [1.54, 1.807) is 0 Å². The van der Waals surface area contributed by atoms with Crippen LogP contribution in [0.2, 0.25) is 0 Å². The molecule has 8 heavy (non-hydrogen) atoms. The van der Waals surface area contributed by atoms with Gasteiger partial charge in [0.2, 0.25) is 0 Å². The van der Waals surface area contributed by atoms with Crippen molar-refractivity contribution in [2.45, 2.75) is 20.8 Å². The summed E-state index contributed by atoms with van der Waals surface area (Å²) in [6, 6.07) is 0. The molecule has 0 aromatic rings. The molecule has 0 fully saturated rings. The third-order valence-corrected chi connectivity index (χ3v) is 2.44. The van der Waals surface area contributed by atoms with Crippen molar-refractivity contribution in [1.82, 2.24) is 5.09 Å². The second kappa shape index (κ2) is 5.53. The van der Waals surface area contributed by atoms with Gasteiger partial charge in [0.1, 0.15) is 0 Å². The minimum atomic E-state index is 0.854. The van der Waals surface area contributed by atoms with Gasteiger partial charge in [-0.2, -0.15) is 0 Å². The van der Waals surface area contributed by atoms with E-state index in [0.717, 1.165) is 21.2 Å². The second-order valence-electron chi connectivity index (χ2n) is 2.31. The van der Waals surface area contributed by atoms with Gasteiger partial charge in [-0.05, 0) is 18.6 Å². The lowest BCUT2D eigenvalue weighted by atomic mass is 10.3. The molecule has 0 radical (unpaired) electrons. The maximum Gasteiger partial charge on any atom is -0.00406 e. The van der Waals surface area contributed by atoms with E-state index in [2.05, 4.69) is 25.9 Å². The first-order chi connectivity index (χ1) is 3.77. The minimum absolute atomic E-state index is 0.854. The normalized spacial score (nSPS) is 12.0. The molecule has 2 heteroatoms. The lowest BCUT2D eigenvalue weighted by molar-refractivity contribution is 0.743. The largest absolute Gasteiger partial charge is 0.298 e. The average molecular weight is 133 g/mol. The van der Waals surface area contributed by atoms with Crippen LogP contribution in [0.3, 0.4) is 0 Å². The maximum absolute atomic E-state index is 3.31. The Morgan fingerprint density at radius 1 is 1.50 bits per heavy atom. The molecule has 0 heterocycles. The predicted octanol–water partition coefficient (Wildman–Crippen LogP) is 1.85. The summed E-state index contributed by atoms with van der Waals surface area (Å²) in [4.78, 5) is 0. The molecule has 50 valence electrons. The van der Waals surface area contributed by atoms with Crippen molar-refractivity contribution in [2.75, 3.05) is 12.7 Å². The zero-order valence-electron chi connectivity index (χ0n) is 5.99. The zero-order chi connectivity index (χ0) is 6.41.